The Balaban J connectivity index is 2.13. The summed E-state index contributed by atoms with van der Waals surface area (Å²) in [5.74, 6) is 0. The van der Waals surface area contributed by atoms with Gasteiger partial charge in [0, 0.05) is 30.9 Å². The molecule has 10 heteroatoms. The Labute approximate surface area is 217 Å². The van der Waals surface area contributed by atoms with Gasteiger partial charge in [-0.1, -0.05) is 24.3 Å². The molecule has 198 valence electrons. The molecule has 0 fully saturated rings. The molecule has 0 bridgehead atoms. The quantitative estimate of drug-likeness (QED) is 0.233. The SMILES string of the molecule is O=S(=O)([O-])c1cccc(C(=C2C=CC(=[N+](CCO)CCO)C=C2)c2ccc(N(CCO)CCO)cc2)c1. The fourth-order valence-electron chi connectivity index (χ4n) is 4.21. The largest absolute Gasteiger partial charge is 0.744 e. The highest BCUT2D eigenvalue weighted by atomic mass is 32.2. The Morgan fingerprint density at radius 3 is 1.89 bits per heavy atom. The monoisotopic (exact) mass is 528 g/mol. The maximum Gasteiger partial charge on any atom is 0.200 e. The van der Waals surface area contributed by atoms with Gasteiger partial charge in [-0.3, -0.25) is 0 Å². The molecule has 2 aromatic rings. The Hall–Kier alpha value is -3.12. The predicted molar refractivity (Wildman–Crippen MR) is 141 cm³/mol. The maximum absolute atomic E-state index is 11.7. The van der Waals surface area contributed by atoms with Crippen LogP contribution in [-0.2, 0) is 10.1 Å². The van der Waals surface area contributed by atoms with Gasteiger partial charge in [0.2, 0.25) is 0 Å². The average molecular weight is 529 g/mol. The van der Waals surface area contributed by atoms with E-state index in [0.29, 0.717) is 37.3 Å². The molecule has 2 aromatic carbocycles. The second kappa shape index (κ2) is 13.4. The van der Waals surface area contributed by atoms with Gasteiger partial charge in [0.25, 0.3) is 0 Å². The van der Waals surface area contributed by atoms with E-state index in [4.69, 9.17) is 0 Å². The van der Waals surface area contributed by atoms with Crippen molar-refractivity contribution in [2.75, 3.05) is 57.5 Å². The van der Waals surface area contributed by atoms with E-state index in [1.54, 1.807) is 6.07 Å². The van der Waals surface area contributed by atoms with Crippen LogP contribution in [0.2, 0.25) is 0 Å². The van der Waals surface area contributed by atoms with Crippen LogP contribution in [0.4, 0.5) is 5.69 Å². The van der Waals surface area contributed by atoms with Crippen LogP contribution >= 0.6 is 0 Å². The molecule has 37 heavy (non-hydrogen) atoms. The molecule has 0 aromatic heterocycles. The second-order valence-electron chi connectivity index (χ2n) is 8.32. The third-order valence-corrected chi connectivity index (χ3v) is 6.76. The summed E-state index contributed by atoms with van der Waals surface area (Å²) in [4.78, 5) is 1.52. The molecule has 0 heterocycles. The minimum Gasteiger partial charge on any atom is -0.744 e. The molecule has 0 aliphatic heterocycles. The highest BCUT2D eigenvalue weighted by molar-refractivity contribution is 7.85. The first kappa shape index (κ1) is 28.5. The zero-order valence-corrected chi connectivity index (χ0v) is 21.2. The lowest BCUT2D eigenvalue weighted by molar-refractivity contribution is -0.530. The van der Waals surface area contributed by atoms with E-state index in [9.17, 15) is 33.4 Å². The highest BCUT2D eigenvalue weighted by Gasteiger charge is 2.17. The van der Waals surface area contributed by atoms with Crippen molar-refractivity contribution in [1.29, 1.82) is 0 Å². The molecule has 0 spiro atoms. The summed E-state index contributed by atoms with van der Waals surface area (Å²) in [6.07, 6.45) is 7.44. The van der Waals surface area contributed by atoms with E-state index in [1.807, 2.05) is 58.0 Å². The topological polar surface area (TPSA) is 144 Å². The van der Waals surface area contributed by atoms with Crippen LogP contribution in [0, 0.1) is 0 Å². The second-order valence-corrected chi connectivity index (χ2v) is 9.70. The molecule has 0 saturated carbocycles. The summed E-state index contributed by atoms with van der Waals surface area (Å²) in [6.45, 7) is 1.19. The van der Waals surface area contributed by atoms with Gasteiger partial charge in [-0.2, -0.15) is 0 Å². The molecule has 1 aliphatic rings. The van der Waals surface area contributed by atoms with Gasteiger partial charge in [-0.25, -0.2) is 13.0 Å². The number of nitrogens with zero attached hydrogens (tertiary/aromatic N) is 2. The van der Waals surface area contributed by atoms with Gasteiger partial charge in [-0.15, -0.1) is 0 Å². The van der Waals surface area contributed by atoms with Crippen LogP contribution < -0.4 is 4.90 Å². The Morgan fingerprint density at radius 2 is 1.38 bits per heavy atom. The van der Waals surface area contributed by atoms with Crippen LogP contribution in [-0.4, -0.2) is 96.3 Å². The van der Waals surface area contributed by atoms with Gasteiger partial charge in [0.05, 0.1) is 18.1 Å². The van der Waals surface area contributed by atoms with Crippen molar-refractivity contribution in [2.45, 2.75) is 4.90 Å². The van der Waals surface area contributed by atoms with Crippen molar-refractivity contribution in [1.82, 2.24) is 0 Å². The summed E-state index contributed by atoms with van der Waals surface area (Å²) in [5, 5.41) is 37.4. The first-order valence-electron chi connectivity index (χ1n) is 11.9. The lowest BCUT2D eigenvalue weighted by Gasteiger charge is -2.23. The summed E-state index contributed by atoms with van der Waals surface area (Å²) >= 11 is 0. The van der Waals surface area contributed by atoms with Crippen LogP contribution in [0.3, 0.4) is 0 Å². The van der Waals surface area contributed by atoms with E-state index in [2.05, 4.69) is 0 Å². The fourth-order valence-corrected chi connectivity index (χ4v) is 4.72. The van der Waals surface area contributed by atoms with Crippen LogP contribution in [0.25, 0.3) is 5.57 Å². The number of hydrogen-bond acceptors (Lipinski definition) is 8. The third kappa shape index (κ3) is 7.45. The van der Waals surface area contributed by atoms with E-state index in [1.165, 1.54) is 18.2 Å². The lowest BCUT2D eigenvalue weighted by atomic mass is 9.90. The highest BCUT2D eigenvalue weighted by Crippen LogP contribution is 2.32. The van der Waals surface area contributed by atoms with Crippen molar-refractivity contribution >= 4 is 27.1 Å². The minimum atomic E-state index is -4.66. The lowest BCUT2D eigenvalue weighted by Crippen LogP contribution is -2.29. The summed E-state index contributed by atoms with van der Waals surface area (Å²) < 4.78 is 37.0. The first-order chi connectivity index (χ1) is 17.8. The normalized spacial score (nSPS) is 13.2. The van der Waals surface area contributed by atoms with Gasteiger partial charge < -0.3 is 29.9 Å². The maximum atomic E-state index is 11.7. The van der Waals surface area contributed by atoms with Crippen molar-refractivity contribution in [2.24, 2.45) is 0 Å². The third-order valence-electron chi connectivity index (χ3n) is 5.93. The Bertz CT molecular complexity index is 1260. The van der Waals surface area contributed by atoms with Crippen LogP contribution in [0.1, 0.15) is 11.1 Å². The molecule has 0 unspecified atom stereocenters. The van der Waals surface area contributed by atoms with Crippen molar-refractivity contribution < 1.29 is 38.0 Å². The van der Waals surface area contributed by atoms with Crippen molar-refractivity contribution in [3.05, 3.63) is 89.5 Å². The van der Waals surface area contributed by atoms with Crippen LogP contribution in [0.15, 0.2) is 83.3 Å². The average Bonchev–Trinajstić information content (AvgIpc) is 2.89. The molecule has 0 radical (unpaired) electrons. The zero-order valence-electron chi connectivity index (χ0n) is 20.4. The number of rotatable bonds is 12. The number of aliphatic hydroxyl groups is 4. The van der Waals surface area contributed by atoms with Crippen molar-refractivity contribution in [3.63, 3.8) is 0 Å². The first-order valence-corrected chi connectivity index (χ1v) is 13.3. The van der Waals surface area contributed by atoms with Crippen molar-refractivity contribution in [3.8, 4) is 0 Å². The summed E-state index contributed by atoms with van der Waals surface area (Å²) in [6, 6.07) is 13.3. The number of allylic oxidation sites excluding steroid dienone is 5. The smallest absolute Gasteiger partial charge is 0.200 e. The predicted octanol–water partition coefficient (Wildman–Crippen LogP) is 0.748. The van der Waals surface area contributed by atoms with Gasteiger partial charge in [0.15, 0.2) is 18.8 Å². The van der Waals surface area contributed by atoms with Gasteiger partial charge in [-0.05, 0) is 58.7 Å². The minimum absolute atomic E-state index is 0.0640. The molecule has 0 amide bonds. The molecule has 9 nitrogen and oxygen atoms in total. The number of anilines is 1. The molecule has 0 atom stereocenters. The van der Waals surface area contributed by atoms with E-state index in [0.717, 1.165) is 22.5 Å². The molecule has 4 N–H and O–H groups in total. The fraction of sp³-hybridized carbons (Fsp3) is 0.296. The molecular weight excluding hydrogens is 496 g/mol. The Kier molecular flexibility index (Phi) is 10.3. The molecular formula is C27H32N2O7S. The van der Waals surface area contributed by atoms with E-state index < -0.39 is 10.1 Å². The van der Waals surface area contributed by atoms with Gasteiger partial charge in [0.1, 0.15) is 23.3 Å². The molecule has 1 aliphatic carbocycles. The molecule has 0 saturated heterocycles. The number of hydrogen-bond donors (Lipinski definition) is 4. The molecule has 3 rings (SSSR count). The standard InChI is InChI=1S/C27H32N2O7S/c30-16-12-28(13-17-31)24-8-4-21(5-9-24)27(23-2-1-3-26(20-23)37(34,35)36)22-6-10-25(11-7-22)29(14-18-32)15-19-33/h1-11,20,30-33H,12-19H2. The van der Waals surface area contributed by atoms with Gasteiger partial charge >= 0.3 is 0 Å². The van der Waals surface area contributed by atoms with Crippen LogP contribution in [0.5, 0.6) is 0 Å². The Morgan fingerprint density at radius 1 is 0.784 bits per heavy atom. The zero-order chi connectivity index (χ0) is 26.8. The van der Waals surface area contributed by atoms with E-state index in [-0.39, 0.29) is 31.3 Å². The summed E-state index contributed by atoms with van der Waals surface area (Å²) in [5.41, 5.74) is 4.40. The van der Waals surface area contributed by atoms with E-state index >= 15 is 0 Å². The number of benzene rings is 2. The number of aliphatic hydroxyl groups excluding tert-OH is 4. The summed E-state index contributed by atoms with van der Waals surface area (Å²) in [7, 11) is -4.66.